The van der Waals surface area contributed by atoms with Gasteiger partial charge >= 0.3 is 5.97 Å². The van der Waals surface area contributed by atoms with E-state index in [9.17, 15) is 4.79 Å². The molecule has 0 spiro atoms. The summed E-state index contributed by atoms with van der Waals surface area (Å²) in [6, 6.07) is 3.77. The molecule has 0 aromatic carbocycles. The Morgan fingerprint density at radius 1 is 1.44 bits per heavy atom. The van der Waals surface area contributed by atoms with Crippen molar-refractivity contribution in [1.82, 2.24) is 9.97 Å². The maximum Gasteiger partial charge on any atom is 0.308 e. The van der Waals surface area contributed by atoms with Crippen LogP contribution in [0.15, 0.2) is 30.7 Å². The predicted octanol–water partition coefficient (Wildman–Crippen LogP) is 1.79. The average Bonchev–Trinajstić information content (AvgIpc) is 2.37. The Labute approximate surface area is 105 Å². The standard InChI is InChI=1S/C13H15N3O2/c1-9(13(17)18)8-16(2)12-4-6-15-11-7-14-5-3-10(11)12/h3-7,9H,8H2,1-2H3,(H,17,18). The van der Waals surface area contributed by atoms with Gasteiger partial charge in [-0.25, -0.2) is 0 Å². The number of carboxylic acid groups (broad SMARTS) is 1. The quantitative estimate of drug-likeness (QED) is 0.889. The summed E-state index contributed by atoms with van der Waals surface area (Å²) in [7, 11) is 1.88. The summed E-state index contributed by atoms with van der Waals surface area (Å²) < 4.78 is 0. The molecule has 5 nitrogen and oxygen atoms in total. The lowest BCUT2D eigenvalue weighted by Crippen LogP contribution is -2.28. The van der Waals surface area contributed by atoms with Crippen LogP contribution in [0.25, 0.3) is 10.9 Å². The van der Waals surface area contributed by atoms with Gasteiger partial charge in [0, 0.05) is 37.1 Å². The average molecular weight is 245 g/mol. The molecule has 0 aliphatic rings. The molecule has 0 aliphatic heterocycles. The molecule has 18 heavy (non-hydrogen) atoms. The van der Waals surface area contributed by atoms with Gasteiger partial charge in [0.05, 0.1) is 17.6 Å². The second kappa shape index (κ2) is 5.00. The van der Waals surface area contributed by atoms with Gasteiger partial charge in [0.2, 0.25) is 0 Å². The van der Waals surface area contributed by atoms with Crippen LogP contribution in [-0.2, 0) is 4.79 Å². The number of carbonyl (C=O) groups is 1. The van der Waals surface area contributed by atoms with E-state index >= 15 is 0 Å². The second-order valence-corrected chi connectivity index (χ2v) is 4.34. The number of hydrogen-bond acceptors (Lipinski definition) is 4. The molecule has 2 rings (SSSR count). The van der Waals surface area contributed by atoms with E-state index in [1.54, 1.807) is 25.5 Å². The Morgan fingerprint density at radius 3 is 2.94 bits per heavy atom. The van der Waals surface area contributed by atoms with Gasteiger partial charge in [0.15, 0.2) is 0 Å². The molecule has 5 heteroatoms. The van der Waals surface area contributed by atoms with Gasteiger partial charge in [-0.3, -0.25) is 14.8 Å². The second-order valence-electron chi connectivity index (χ2n) is 4.34. The summed E-state index contributed by atoms with van der Waals surface area (Å²) in [5.74, 6) is -1.21. The van der Waals surface area contributed by atoms with Crippen LogP contribution in [-0.4, -0.2) is 34.6 Å². The van der Waals surface area contributed by atoms with Crippen LogP contribution in [0.4, 0.5) is 5.69 Å². The van der Waals surface area contributed by atoms with Gasteiger partial charge in [0.1, 0.15) is 0 Å². The van der Waals surface area contributed by atoms with Gasteiger partial charge in [-0.05, 0) is 12.1 Å². The van der Waals surface area contributed by atoms with Gasteiger partial charge in [-0.1, -0.05) is 6.92 Å². The van der Waals surface area contributed by atoms with Crippen LogP contribution in [0.1, 0.15) is 6.92 Å². The number of aliphatic carboxylic acids is 1. The molecule has 0 bridgehead atoms. The molecule has 1 N–H and O–H groups in total. The van der Waals surface area contributed by atoms with Gasteiger partial charge in [0.25, 0.3) is 0 Å². The van der Waals surface area contributed by atoms with E-state index in [2.05, 4.69) is 9.97 Å². The lowest BCUT2D eigenvalue weighted by Gasteiger charge is -2.22. The number of anilines is 1. The fourth-order valence-electron chi connectivity index (χ4n) is 1.90. The minimum Gasteiger partial charge on any atom is -0.481 e. The highest BCUT2D eigenvalue weighted by atomic mass is 16.4. The summed E-state index contributed by atoms with van der Waals surface area (Å²) in [6.45, 7) is 2.15. The molecule has 0 saturated carbocycles. The summed E-state index contributed by atoms with van der Waals surface area (Å²) in [5.41, 5.74) is 1.78. The third kappa shape index (κ3) is 2.40. The Balaban J connectivity index is 2.33. The fraction of sp³-hybridized carbons (Fsp3) is 0.308. The molecular formula is C13H15N3O2. The molecular weight excluding hydrogens is 230 g/mol. The Hall–Kier alpha value is -2.17. The molecule has 0 aliphatic carbocycles. The lowest BCUT2D eigenvalue weighted by atomic mass is 10.1. The van der Waals surface area contributed by atoms with Gasteiger partial charge < -0.3 is 10.0 Å². The minimum atomic E-state index is -0.790. The first-order valence-corrected chi connectivity index (χ1v) is 5.72. The van der Waals surface area contributed by atoms with Crippen LogP contribution in [0.3, 0.4) is 0 Å². The van der Waals surface area contributed by atoms with E-state index in [0.717, 1.165) is 16.6 Å². The third-order valence-electron chi connectivity index (χ3n) is 2.90. The molecule has 2 aromatic rings. The largest absolute Gasteiger partial charge is 0.481 e. The van der Waals surface area contributed by atoms with Gasteiger partial charge in [-0.2, -0.15) is 0 Å². The minimum absolute atomic E-state index is 0.417. The SMILES string of the molecule is CC(CN(C)c1ccnc2cnccc12)C(=O)O. The molecule has 0 saturated heterocycles. The number of hydrogen-bond donors (Lipinski definition) is 1. The van der Waals surface area contributed by atoms with E-state index in [-0.39, 0.29) is 0 Å². The van der Waals surface area contributed by atoms with E-state index in [1.165, 1.54) is 0 Å². The zero-order chi connectivity index (χ0) is 13.1. The summed E-state index contributed by atoms with van der Waals surface area (Å²) in [4.78, 5) is 21.1. The molecule has 94 valence electrons. The highest BCUT2D eigenvalue weighted by molar-refractivity contribution is 5.90. The summed E-state index contributed by atoms with van der Waals surface area (Å²) in [6.07, 6.45) is 5.12. The van der Waals surface area contributed by atoms with E-state index in [0.29, 0.717) is 6.54 Å². The molecule has 2 aromatic heterocycles. The third-order valence-corrected chi connectivity index (χ3v) is 2.90. The number of carboxylic acids is 1. The van der Waals surface area contributed by atoms with Crippen LogP contribution in [0.5, 0.6) is 0 Å². The van der Waals surface area contributed by atoms with Crippen molar-refractivity contribution in [2.45, 2.75) is 6.92 Å². The maximum atomic E-state index is 10.9. The number of fused-ring (bicyclic) bond motifs is 1. The lowest BCUT2D eigenvalue weighted by molar-refractivity contribution is -0.140. The van der Waals surface area contributed by atoms with Crippen molar-refractivity contribution in [2.75, 3.05) is 18.5 Å². The van der Waals surface area contributed by atoms with Crippen LogP contribution in [0.2, 0.25) is 0 Å². The topological polar surface area (TPSA) is 66.3 Å². The molecule has 1 unspecified atom stereocenters. The molecule has 0 fully saturated rings. The van der Waals surface area contributed by atoms with Crippen LogP contribution < -0.4 is 4.90 Å². The van der Waals surface area contributed by atoms with Crippen molar-refractivity contribution in [1.29, 1.82) is 0 Å². The summed E-state index contributed by atoms with van der Waals surface area (Å²) >= 11 is 0. The Morgan fingerprint density at radius 2 is 2.22 bits per heavy atom. The molecule has 1 atom stereocenters. The Bertz CT molecular complexity index is 566. The zero-order valence-corrected chi connectivity index (χ0v) is 10.4. The zero-order valence-electron chi connectivity index (χ0n) is 10.4. The number of aromatic nitrogens is 2. The van der Waals surface area contributed by atoms with Gasteiger partial charge in [-0.15, -0.1) is 0 Å². The van der Waals surface area contributed by atoms with Crippen molar-refractivity contribution >= 4 is 22.6 Å². The van der Waals surface area contributed by atoms with Crippen molar-refractivity contribution in [3.8, 4) is 0 Å². The number of pyridine rings is 2. The molecule has 0 amide bonds. The van der Waals surface area contributed by atoms with Crippen molar-refractivity contribution in [3.05, 3.63) is 30.7 Å². The smallest absolute Gasteiger partial charge is 0.308 e. The van der Waals surface area contributed by atoms with Crippen LogP contribution in [0, 0.1) is 5.92 Å². The Kier molecular flexibility index (Phi) is 3.41. The number of rotatable bonds is 4. The normalized spacial score (nSPS) is 12.3. The highest BCUT2D eigenvalue weighted by Gasteiger charge is 2.15. The van der Waals surface area contributed by atoms with E-state index in [1.807, 2.05) is 24.1 Å². The van der Waals surface area contributed by atoms with Crippen molar-refractivity contribution < 1.29 is 9.90 Å². The number of nitrogens with zero attached hydrogens (tertiary/aromatic N) is 3. The maximum absolute atomic E-state index is 10.9. The first kappa shape index (κ1) is 12.3. The van der Waals surface area contributed by atoms with E-state index < -0.39 is 11.9 Å². The van der Waals surface area contributed by atoms with Crippen molar-refractivity contribution in [2.24, 2.45) is 5.92 Å². The van der Waals surface area contributed by atoms with Crippen molar-refractivity contribution in [3.63, 3.8) is 0 Å². The molecule has 2 heterocycles. The summed E-state index contributed by atoms with van der Waals surface area (Å²) in [5, 5.41) is 9.92. The first-order chi connectivity index (χ1) is 8.59. The fourth-order valence-corrected chi connectivity index (χ4v) is 1.90. The van der Waals surface area contributed by atoms with Crippen LogP contribution >= 0.6 is 0 Å². The predicted molar refractivity (Wildman–Crippen MR) is 69.6 cm³/mol. The van der Waals surface area contributed by atoms with E-state index in [4.69, 9.17) is 5.11 Å². The first-order valence-electron chi connectivity index (χ1n) is 5.72. The molecule has 0 radical (unpaired) electrons. The monoisotopic (exact) mass is 245 g/mol. The highest BCUT2D eigenvalue weighted by Crippen LogP contribution is 2.23.